The van der Waals surface area contributed by atoms with Crippen LogP contribution < -0.4 is 11.1 Å². The van der Waals surface area contributed by atoms with Crippen LogP contribution in [0.5, 0.6) is 0 Å². The summed E-state index contributed by atoms with van der Waals surface area (Å²) in [6.45, 7) is 1.41. The molecule has 2 rings (SSSR count). The molecule has 4 nitrogen and oxygen atoms in total. The van der Waals surface area contributed by atoms with Crippen LogP contribution in [0, 0.1) is 11.7 Å². The lowest BCUT2D eigenvalue weighted by Crippen LogP contribution is -2.39. The number of nitrogens with zero attached hydrogens (tertiary/aromatic N) is 1. The first-order valence-electron chi connectivity index (χ1n) is 7.56. The molecule has 2 atom stereocenters. The monoisotopic (exact) mass is 293 g/mol. The van der Waals surface area contributed by atoms with E-state index in [1.807, 2.05) is 7.05 Å². The normalized spacial score (nSPS) is 21.7. The van der Waals surface area contributed by atoms with E-state index in [1.54, 1.807) is 12.1 Å². The zero-order chi connectivity index (χ0) is 15.2. The molecule has 0 radical (unpaired) electrons. The lowest BCUT2D eigenvalue weighted by Gasteiger charge is -2.28. The molecule has 5 heteroatoms. The maximum Gasteiger partial charge on any atom is 0.225 e. The second-order valence-electron chi connectivity index (χ2n) is 5.78. The van der Waals surface area contributed by atoms with Gasteiger partial charge in [-0.1, -0.05) is 12.5 Å². The van der Waals surface area contributed by atoms with Crippen LogP contribution in [0.4, 0.5) is 10.1 Å². The Morgan fingerprint density at radius 1 is 1.48 bits per heavy atom. The fourth-order valence-corrected chi connectivity index (χ4v) is 3.11. The molecule has 2 unspecified atom stereocenters. The summed E-state index contributed by atoms with van der Waals surface area (Å²) in [6, 6.07) is 6.43. The molecule has 1 aromatic carbocycles. The van der Waals surface area contributed by atoms with Crippen molar-refractivity contribution in [1.82, 2.24) is 4.90 Å². The van der Waals surface area contributed by atoms with E-state index in [0.717, 1.165) is 6.42 Å². The number of anilines is 1. The molecule has 0 bridgehead atoms. The number of amides is 1. The molecule has 0 spiro atoms. The van der Waals surface area contributed by atoms with Gasteiger partial charge in [0, 0.05) is 24.7 Å². The number of halogens is 1. The molecule has 1 amide bonds. The molecule has 1 aliphatic carbocycles. The van der Waals surface area contributed by atoms with Gasteiger partial charge in [-0.3, -0.25) is 4.79 Å². The van der Waals surface area contributed by atoms with Gasteiger partial charge in [-0.15, -0.1) is 0 Å². The fraction of sp³-hybridized carbons (Fsp3) is 0.562. The summed E-state index contributed by atoms with van der Waals surface area (Å²) in [5, 5.41) is 2.72. The van der Waals surface area contributed by atoms with E-state index < -0.39 is 0 Å². The number of benzene rings is 1. The van der Waals surface area contributed by atoms with Crippen molar-refractivity contribution in [3.8, 4) is 0 Å². The van der Waals surface area contributed by atoms with Crippen LogP contribution in [0.15, 0.2) is 24.3 Å². The van der Waals surface area contributed by atoms with Crippen molar-refractivity contribution in [2.75, 3.05) is 25.5 Å². The first kappa shape index (κ1) is 15.9. The van der Waals surface area contributed by atoms with Crippen molar-refractivity contribution in [3.63, 3.8) is 0 Å². The van der Waals surface area contributed by atoms with Gasteiger partial charge >= 0.3 is 0 Å². The van der Waals surface area contributed by atoms with Gasteiger partial charge in [0.15, 0.2) is 0 Å². The number of nitrogens with two attached hydrogens (primary N) is 1. The molecule has 0 saturated heterocycles. The first-order chi connectivity index (χ1) is 10.1. The number of hydrogen-bond acceptors (Lipinski definition) is 3. The standard InChI is InChI=1S/C16H24FN3O/c1-20(15-7-2-4-12(15)11-18)9-8-16(21)19-14-6-3-5-13(17)10-14/h3,5-6,10,12,15H,2,4,7-9,11,18H2,1H3,(H,19,21). The van der Waals surface area contributed by atoms with E-state index in [-0.39, 0.29) is 11.7 Å². The highest BCUT2D eigenvalue weighted by atomic mass is 19.1. The zero-order valence-corrected chi connectivity index (χ0v) is 12.5. The third-order valence-corrected chi connectivity index (χ3v) is 4.29. The van der Waals surface area contributed by atoms with Crippen LogP contribution in [0.2, 0.25) is 0 Å². The van der Waals surface area contributed by atoms with Crippen LogP contribution >= 0.6 is 0 Å². The molecule has 0 heterocycles. The van der Waals surface area contributed by atoms with E-state index >= 15 is 0 Å². The van der Waals surface area contributed by atoms with Gasteiger partial charge in [0.05, 0.1) is 0 Å². The SMILES string of the molecule is CN(CCC(=O)Nc1cccc(F)c1)C1CCCC1CN. The Bertz CT molecular complexity index is 480. The largest absolute Gasteiger partial charge is 0.330 e. The van der Waals surface area contributed by atoms with Gasteiger partial charge in [-0.2, -0.15) is 0 Å². The number of hydrogen-bond donors (Lipinski definition) is 2. The molecule has 0 aromatic heterocycles. The topological polar surface area (TPSA) is 58.4 Å². The average Bonchev–Trinajstić information content (AvgIpc) is 2.93. The molecule has 0 aliphatic heterocycles. The molecular formula is C16H24FN3O. The lowest BCUT2D eigenvalue weighted by atomic mass is 10.0. The quantitative estimate of drug-likeness (QED) is 0.845. The highest BCUT2D eigenvalue weighted by Crippen LogP contribution is 2.28. The predicted molar refractivity (Wildman–Crippen MR) is 82.5 cm³/mol. The van der Waals surface area contributed by atoms with Crippen molar-refractivity contribution >= 4 is 11.6 Å². The number of carbonyl (C=O) groups is 1. The average molecular weight is 293 g/mol. The molecule has 1 saturated carbocycles. The van der Waals surface area contributed by atoms with Crippen molar-refractivity contribution in [3.05, 3.63) is 30.1 Å². The van der Waals surface area contributed by atoms with Crippen molar-refractivity contribution in [1.29, 1.82) is 0 Å². The number of nitrogens with one attached hydrogen (secondary N) is 1. The smallest absolute Gasteiger partial charge is 0.225 e. The van der Waals surface area contributed by atoms with E-state index in [2.05, 4.69) is 10.2 Å². The first-order valence-corrected chi connectivity index (χ1v) is 7.56. The maximum absolute atomic E-state index is 13.0. The van der Waals surface area contributed by atoms with Crippen LogP contribution in [-0.4, -0.2) is 37.0 Å². The highest BCUT2D eigenvalue weighted by molar-refractivity contribution is 5.90. The van der Waals surface area contributed by atoms with Crippen molar-refractivity contribution in [2.45, 2.75) is 31.7 Å². The Morgan fingerprint density at radius 2 is 2.29 bits per heavy atom. The van der Waals surface area contributed by atoms with E-state index in [1.165, 1.54) is 25.0 Å². The minimum Gasteiger partial charge on any atom is -0.330 e. The lowest BCUT2D eigenvalue weighted by molar-refractivity contribution is -0.116. The van der Waals surface area contributed by atoms with E-state index in [4.69, 9.17) is 5.73 Å². The van der Waals surface area contributed by atoms with Gasteiger partial charge in [-0.25, -0.2) is 4.39 Å². The zero-order valence-electron chi connectivity index (χ0n) is 12.5. The Balaban J connectivity index is 1.78. The summed E-state index contributed by atoms with van der Waals surface area (Å²) < 4.78 is 13.0. The van der Waals surface area contributed by atoms with Crippen LogP contribution in [-0.2, 0) is 4.79 Å². The molecule has 116 valence electrons. The summed E-state index contributed by atoms with van der Waals surface area (Å²) in [5.41, 5.74) is 6.30. The molecule has 1 aromatic rings. The Kier molecular flexibility index (Phi) is 5.70. The maximum atomic E-state index is 13.0. The summed E-state index contributed by atoms with van der Waals surface area (Å²) in [6.07, 6.45) is 3.96. The summed E-state index contributed by atoms with van der Waals surface area (Å²) in [5.74, 6) is 0.109. The van der Waals surface area contributed by atoms with Crippen LogP contribution in [0.3, 0.4) is 0 Å². The molecule has 1 fully saturated rings. The molecule has 3 N–H and O–H groups in total. The minimum atomic E-state index is -0.346. The van der Waals surface area contributed by atoms with E-state index in [9.17, 15) is 9.18 Å². The number of rotatable bonds is 6. The number of carbonyl (C=O) groups excluding carboxylic acids is 1. The Hall–Kier alpha value is -1.46. The second-order valence-corrected chi connectivity index (χ2v) is 5.78. The van der Waals surface area contributed by atoms with Crippen LogP contribution in [0.1, 0.15) is 25.7 Å². The van der Waals surface area contributed by atoms with E-state index in [0.29, 0.717) is 37.2 Å². The molecule has 1 aliphatic rings. The Labute approximate surface area is 125 Å². The van der Waals surface area contributed by atoms with Gasteiger partial charge in [0.2, 0.25) is 5.91 Å². The third kappa shape index (κ3) is 4.51. The molecule has 21 heavy (non-hydrogen) atoms. The van der Waals surface area contributed by atoms with Gasteiger partial charge in [-0.05, 0) is 50.6 Å². The predicted octanol–water partition coefficient (Wildman–Crippen LogP) is 2.21. The summed E-state index contributed by atoms with van der Waals surface area (Å²) >= 11 is 0. The van der Waals surface area contributed by atoms with Gasteiger partial charge in [0.1, 0.15) is 5.82 Å². The fourth-order valence-electron chi connectivity index (χ4n) is 3.11. The third-order valence-electron chi connectivity index (χ3n) is 4.29. The van der Waals surface area contributed by atoms with Crippen molar-refractivity contribution in [2.24, 2.45) is 11.7 Å². The summed E-state index contributed by atoms with van der Waals surface area (Å²) in [4.78, 5) is 14.1. The second kappa shape index (κ2) is 7.52. The highest BCUT2D eigenvalue weighted by Gasteiger charge is 2.29. The molecular weight excluding hydrogens is 269 g/mol. The van der Waals surface area contributed by atoms with Crippen molar-refractivity contribution < 1.29 is 9.18 Å². The summed E-state index contributed by atoms with van der Waals surface area (Å²) in [7, 11) is 2.05. The minimum absolute atomic E-state index is 0.0882. The van der Waals surface area contributed by atoms with Crippen LogP contribution in [0.25, 0.3) is 0 Å². The Morgan fingerprint density at radius 3 is 3.00 bits per heavy atom. The van der Waals surface area contributed by atoms with Gasteiger partial charge in [0.25, 0.3) is 0 Å². The van der Waals surface area contributed by atoms with Gasteiger partial charge < -0.3 is 16.0 Å².